The molecule has 1 heterocycles. The molecule has 0 aliphatic heterocycles. The Morgan fingerprint density at radius 3 is 2.88 bits per heavy atom. The van der Waals surface area contributed by atoms with Crippen LogP contribution in [-0.2, 0) is 11.2 Å². The summed E-state index contributed by atoms with van der Waals surface area (Å²) in [6.07, 6.45) is 4.24. The quantitative estimate of drug-likeness (QED) is 0.822. The number of carbonyl (C=O) groups excluding carboxylic acids is 1. The topological polar surface area (TPSA) is 49.3 Å². The van der Waals surface area contributed by atoms with Gasteiger partial charge in [-0.25, -0.2) is 0 Å². The lowest BCUT2D eigenvalue weighted by Gasteiger charge is -2.41. The molecule has 2 rings (SSSR count). The molecule has 0 radical (unpaired) electrons. The highest BCUT2D eigenvalue weighted by atomic mass is 32.1. The number of amides is 1. The van der Waals surface area contributed by atoms with Crippen LogP contribution in [0.3, 0.4) is 0 Å². The normalized spacial score (nSPS) is 17.8. The summed E-state index contributed by atoms with van der Waals surface area (Å²) in [5.74, 6) is 0.0575. The van der Waals surface area contributed by atoms with Gasteiger partial charge in [0.25, 0.3) is 0 Å². The van der Waals surface area contributed by atoms with Gasteiger partial charge in [-0.05, 0) is 37.1 Å². The van der Waals surface area contributed by atoms with Crippen LogP contribution in [0.25, 0.3) is 0 Å². The number of aliphatic hydroxyl groups excluding tert-OH is 1. The molecule has 3 nitrogen and oxygen atoms in total. The summed E-state index contributed by atoms with van der Waals surface area (Å²) in [5, 5.41) is 14.2. The Balaban J connectivity index is 1.76. The van der Waals surface area contributed by atoms with Crippen LogP contribution in [0, 0.1) is 0 Å². The van der Waals surface area contributed by atoms with E-state index in [9.17, 15) is 9.90 Å². The number of rotatable bonds is 5. The van der Waals surface area contributed by atoms with E-state index < -0.39 is 0 Å². The van der Waals surface area contributed by atoms with E-state index in [4.69, 9.17) is 0 Å². The third kappa shape index (κ3) is 2.62. The van der Waals surface area contributed by atoms with Gasteiger partial charge in [0.15, 0.2) is 0 Å². The van der Waals surface area contributed by atoms with Crippen molar-refractivity contribution in [2.45, 2.75) is 37.6 Å². The van der Waals surface area contributed by atoms with Crippen molar-refractivity contribution in [3.05, 3.63) is 22.4 Å². The number of hydrogen-bond donors (Lipinski definition) is 2. The van der Waals surface area contributed by atoms with Crippen molar-refractivity contribution in [2.24, 2.45) is 0 Å². The molecule has 88 valence electrons. The van der Waals surface area contributed by atoms with Crippen LogP contribution in [0.2, 0.25) is 0 Å². The fraction of sp³-hybridized carbons (Fsp3) is 0.583. The minimum Gasteiger partial charge on any atom is -0.394 e. The third-order valence-electron chi connectivity index (χ3n) is 3.20. The number of carbonyl (C=O) groups is 1. The summed E-state index contributed by atoms with van der Waals surface area (Å²) in [7, 11) is 0. The highest BCUT2D eigenvalue weighted by Gasteiger charge is 2.37. The first-order valence-electron chi connectivity index (χ1n) is 5.68. The van der Waals surface area contributed by atoms with E-state index in [1.807, 2.05) is 17.5 Å². The fourth-order valence-corrected chi connectivity index (χ4v) is 2.68. The Hall–Kier alpha value is -0.870. The fourth-order valence-electron chi connectivity index (χ4n) is 1.98. The standard InChI is InChI=1S/C12H17NO2S/c14-9-12(6-2-7-12)13-11(15)5-4-10-3-1-8-16-10/h1,3,8,14H,2,4-7,9H2,(H,13,15). The lowest BCUT2D eigenvalue weighted by atomic mass is 9.77. The lowest BCUT2D eigenvalue weighted by Crippen LogP contribution is -2.56. The molecule has 1 aromatic rings. The summed E-state index contributed by atoms with van der Waals surface area (Å²) in [4.78, 5) is 12.9. The summed E-state index contributed by atoms with van der Waals surface area (Å²) in [5.41, 5.74) is -0.299. The summed E-state index contributed by atoms with van der Waals surface area (Å²) in [6.45, 7) is 0.0672. The molecule has 1 aliphatic rings. The lowest BCUT2D eigenvalue weighted by molar-refractivity contribution is -0.125. The Kier molecular flexibility index (Phi) is 3.61. The molecule has 0 unspecified atom stereocenters. The Bertz CT molecular complexity index is 338. The zero-order valence-corrected chi connectivity index (χ0v) is 10.1. The Labute approximate surface area is 99.5 Å². The van der Waals surface area contributed by atoms with E-state index in [1.165, 1.54) is 4.88 Å². The molecule has 0 aromatic carbocycles. The molecule has 0 bridgehead atoms. The van der Waals surface area contributed by atoms with Gasteiger partial charge < -0.3 is 10.4 Å². The van der Waals surface area contributed by atoms with Crippen LogP contribution in [0.5, 0.6) is 0 Å². The van der Waals surface area contributed by atoms with E-state index in [-0.39, 0.29) is 18.1 Å². The molecule has 16 heavy (non-hydrogen) atoms. The highest BCUT2D eigenvalue weighted by Crippen LogP contribution is 2.31. The minimum atomic E-state index is -0.299. The van der Waals surface area contributed by atoms with Gasteiger partial charge in [0.2, 0.25) is 5.91 Å². The predicted molar refractivity (Wildman–Crippen MR) is 64.5 cm³/mol. The second-order valence-electron chi connectivity index (χ2n) is 4.42. The Morgan fingerprint density at radius 2 is 2.38 bits per heavy atom. The van der Waals surface area contributed by atoms with Gasteiger partial charge in [-0.15, -0.1) is 11.3 Å². The maximum Gasteiger partial charge on any atom is 0.220 e. The van der Waals surface area contributed by atoms with Crippen molar-refractivity contribution in [2.75, 3.05) is 6.61 Å². The highest BCUT2D eigenvalue weighted by molar-refractivity contribution is 7.09. The second-order valence-corrected chi connectivity index (χ2v) is 5.45. The third-order valence-corrected chi connectivity index (χ3v) is 4.13. The van der Waals surface area contributed by atoms with Crippen LogP contribution in [0.4, 0.5) is 0 Å². The van der Waals surface area contributed by atoms with Crippen molar-refractivity contribution >= 4 is 17.2 Å². The first kappa shape index (κ1) is 11.6. The maximum atomic E-state index is 11.7. The maximum absolute atomic E-state index is 11.7. The summed E-state index contributed by atoms with van der Waals surface area (Å²) < 4.78 is 0. The van der Waals surface area contributed by atoms with Crippen LogP contribution >= 0.6 is 11.3 Å². The SMILES string of the molecule is O=C(CCc1cccs1)NC1(CO)CCC1. The largest absolute Gasteiger partial charge is 0.394 e. The van der Waals surface area contributed by atoms with E-state index in [0.29, 0.717) is 6.42 Å². The van der Waals surface area contributed by atoms with Crippen molar-refractivity contribution in [1.82, 2.24) is 5.32 Å². The first-order chi connectivity index (χ1) is 7.74. The molecule has 1 aromatic heterocycles. The van der Waals surface area contributed by atoms with E-state index >= 15 is 0 Å². The molecule has 1 saturated carbocycles. The predicted octanol–water partition coefficient (Wildman–Crippen LogP) is 1.71. The molecule has 0 spiro atoms. The molecular formula is C12H17NO2S. The second kappa shape index (κ2) is 4.97. The van der Waals surface area contributed by atoms with Crippen LogP contribution in [0.15, 0.2) is 17.5 Å². The van der Waals surface area contributed by atoms with Gasteiger partial charge in [-0.2, -0.15) is 0 Å². The molecule has 2 N–H and O–H groups in total. The molecule has 1 amide bonds. The van der Waals surface area contributed by atoms with Gasteiger partial charge >= 0.3 is 0 Å². The first-order valence-corrected chi connectivity index (χ1v) is 6.56. The minimum absolute atomic E-state index is 0.0575. The van der Waals surface area contributed by atoms with Crippen LogP contribution < -0.4 is 5.32 Å². The van der Waals surface area contributed by atoms with Crippen molar-refractivity contribution < 1.29 is 9.90 Å². The van der Waals surface area contributed by atoms with Crippen LogP contribution in [-0.4, -0.2) is 23.2 Å². The van der Waals surface area contributed by atoms with Gasteiger partial charge in [-0.1, -0.05) is 6.07 Å². The van der Waals surface area contributed by atoms with Gasteiger partial charge in [0.05, 0.1) is 12.1 Å². The van der Waals surface area contributed by atoms with E-state index in [0.717, 1.165) is 25.7 Å². The number of hydrogen-bond acceptors (Lipinski definition) is 3. The van der Waals surface area contributed by atoms with Crippen molar-refractivity contribution in [1.29, 1.82) is 0 Å². The molecule has 0 saturated heterocycles. The number of thiophene rings is 1. The summed E-state index contributed by atoms with van der Waals surface area (Å²) in [6, 6.07) is 4.04. The van der Waals surface area contributed by atoms with Crippen LogP contribution in [0.1, 0.15) is 30.6 Å². The molecular weight excluding hydrogens is 222 g/mol. The number of aliphatic hydroxyl groups is 1. The Morgan fingerprint density at radius 1 is 1.56 bits per heavy atom. The molecule has 0 atom stereocenters. The van der Waals surface area contributed by atoms with Crippen molar-refractivity contribution in [3.63, 3.8) is 0 Å². The average Bonchev–Trinajstić information content (AvgIpc) is 2.73. The van der Waals surface area contributed by atoms with Gasteiger partial charge in [0, 0.05) is 11.3 Å². The summed E-state index contributed by atoms with van der Waals surface area (Å²) >= 11 is 1.68. The number of nitrogens with one attached hydrogen (secondary N) is 1. The molecule has 4 heteroatoms. The monoisotopic (exact) mass is 239 g/mol. The molecule has 1 fully saturated rings. The smallest absolute Gasteiger partial charge is 0.220 e. The zero-order valence-electron chi connectivity index (χ0n) is 9.24. The van der Waals surface area contributed by atoms with E-state index in [1.54, 1.807) is 11.3 Å². The average molecular weight is 239 g/mol. The van der Waals surface area contributed by atoms with Crippen molar-refractivity contribution in [3.8, 4) is 0 Å². The van der Waals surface area contributed by atoms with E-state index in [2.05, 4.69) is 5.32 Å². The number of aryl methyl sites for hydroxylation is 1. The zero-order chi connectivity index (χ0) is 11.4. The van der Waals surface area contributed by atoms with Gasteiger partial charge in [-0.3, -0.25) is 4.79 Å². The molecule has 1 aliphatic carbocycles. The van der Waals surface area contributed by atoms with Gasteiger partial charge in [0.1, 0.15) is 0 Å².